The second kappa shape index (κ2) is 13.0. The number of nitrogens with one attached hydrogen (secondary N) is 2. The van der Waals surface area contributed by atoms with Gasteiger partial charge in [0.25, 0.3) is 0 Å². The number of ether oxygens (including phenoxy) is 1. The Balaban J connectivity index is 0.00000341. The van der Waals surface area contributed by atoms with Crippen LogP contribution in [0.2, 0.25) is 0 Å². The summed E-state index contributed by atoms with van der Waals surface area (Å²) in [6, 6.07) is 12.9. The quantitative estimate of drug-likeness (QED) is 0.295. The Kier molecular flexibility index (Phi) is 10.7. The Hall–Kier alpha value is -1.67. The average Bonchev–Trinajstić information content (AvgIpc) is 2.77. The monoisotopic (exact) mass is 536 g/mol. The van der Waals surface area contributed by atoms with E-state index >= 15 is 0 Å². The van der Waals surface area contributed by atoms with E-state index < -0.39 is 0 Å². The minimum absolute atomic E-state index is 0. The highest BCUT2D eigenvalue weighted by Gasteiger charge is 2.27. The number of aliphatic imine (C=N–C) groups is 1. The van der Waals surface area contributed by atoms with E-state index in [0.717, 1.165) is 38.5 Å². The molecule has 1 aliphatic heterocycles. The minimum Gasteiger partial charge on any atom is -0.373 e. The van der Waals surface area contributed by atoms with Gasteiger partial charge < -0.3 is 15.4 Å². The molecule has 1 saturated heterocycles. The molecule has 3 atom stereocenters. The SMILES string of the molecule is CN=C(NCC1CCCOC1c1ccc(C)cc1)NCC(c1cccnc1)C(C)C.I. The Bertz CT molecular complexity index is 795. The number of hydrogen-bond donors (Lipinski definition) is 2. The molecule has 170 valence electrons. The van der Waals surface area contributed by atoms with Gasteiger partial charge in [-0.1, -0.05) is 49.7 Å². The number of aromatic nitrogens is 1. The molecule has 2 heterocycles. The highest BCUT2D eigenvalue weighted by Crippen LogP contribution is 2.33. The highest BCUT2D eigenvalue weighted by molar-refractivity contribution is 14.0. The smallest absolute Gasteiger partial charge is 0.191 e. The van der Waals surface area contributed by atoms with Gasteiger partial charge in [0.1, 0.15) is 0 Å². The van der Waals surface area contributed by atoms with Crippen LogP contribution in [0.3, 0.4) is 0 Å². The molecule has 1 aromatic carbocycles. The van der Waals surface area contributed by atoms with Crippen LogP contribution in [0.5, 0.6) is 0 Å². The summed E-state index contributed by atoms with van der Waals surface area (Å²) in [7, 11) is 1.83. The third-order valence-corrected chi connectivity index (χ3v) is 6.01. The maximum atomic E-state index is 6.16. The normalized spacial score (nSPS) is 20.1. The molecule has 1 fully saturated rings. The van der Waals surface area contributed by atoms with Crippen molar-refractivity contribution in [1.29, 1.82) is 0 Å². The first-order chi connectivity index (χ1) is 14.6. The third-order valence-electron chi connectivity index (χ3n) is 6.01. The first-order valence-corrected chi connectivity index (χ1v) is 11.1. The topological polar surface area (TPSA) is 58.5 Å². The molecule has 5 nitrogen and oxygen atoms in total. The molecule has 2 N–H and O–H groups in total. The largest absolute Gasteiger partial charge is 0.373 e. The maximum absolute atomic E-state index is 6.16. The molecular formula is C25H37IN4O. The lowest BCUT2D eigenvalue weighted by molar-refractivity contribution is -0.0265. The molecule has 0 aliphatic carbocycles. The standard InChI is InChI=1S/C25H36N4O.HI/c1-18(2)23(21-7-5-13-27-15-21)17-29-25(26-4)28-16-22-8-6-14-30-24(22)20-11-9-19(3)10-12-20;/h5,7,9-13,15,18,22-24H,6,8,14,16-17H2,1-4H3,(H2,26,28,29);1H. The molecule has 3 rings (SSSR count). The average molecular weight is 537 g/mol. The fourth-order valence-electron chi connectivity index (χ4n) is 4.17. The molecule has 2 aromatic rings. The van der Waals surface area contributed by atoms with E-state index in [0.29, 0.717) is 17.8 Å². The van der Waals surface area contributed by atoms with Crippen LogP contribution in [-0.2, 0) is 4.74 Å². The molecule has 0 bridgehead atoms. The van der Waals surface area contributed by atoms with E-state index in [4.69, 9.17) is 4.74 Å². The summed E-state index contributed by atoms with van der Waals surface area (Å²) in [5.41, 5.74) is 3.81. The number of pyridine rings is 1. The van der Waals surface area contributed by atoms with E-state index in [-0.39, 0.29) is 30.1 Å². The summed E-state index contributed by atoms with van der Waals surface area (Å²) in [6.07, 6.45) is 6.20. The van der Waals surface area contributed by atoms with Crippen molar-refractivity contribution in [3.63, 3.8) is 0 Å². The molecular weight excluding hydrogens is 499 g/mol. The summed E-state index contributed by atoms with van der Waals surface area (Å²) < 4.78 is 6.16. The predicted octanol–water partition coefficient (Wildman–Crippen LogP) is 5.08. The molecule has 0 amide bonds. The van der Waals surface area contributed by atoms with Gasteiger partial charge in [-0.2, -0.15) is 0 Å². The Labute approximate surface area is 204 Å². The second-order valence-corrected chi connectivity index (χ2v) is 8.58. The number of halogens is 1. The molecule has 0 saturated carbocycles. The van der Waals surface area contributed by atoms with E-state index in [1.807, 2.05) is 25.5 Å². The van der Waals surface area contributed by atoms with Crippen LogP contribution in [0.4, 0.5) is 0 Å². The molecule has 1 aliphatic rings. The van der Waals surface area contributed by atoms with Crippen molar-refractivity contribution in [2.75, 3.05) is 26.7 Å². The zero-order valence-corrected chi connectivity index (χ0v) is 21.5. The van der Waals surface area contributed by atoms with Gasteiger partial charge in [-0.25, -0.2) is 0 Å². The van der Waals surface area contributed by atoms with Crippen LogP contribution >= 0.6 is 24.0 Å². The third kappa shape index (κ3) is 7.45. The van der Waals surface area contributed by atoms with Crippen molar-refractivity contribution in [1.82, 2.24) is 15.6 Å². The van der Waals surface area contributed by atoms with Gasteiger partial charge in [-0.05, 0) is 42.9 Å². The van der Waals surface area contributed by atoms with E-state index in [1.165, 1.54) is 16.7 Å². The molecule has 3 unspecified atom stereocenters. The summed E-state index contributed by atoms with van der Waals surface area (Å²) in [5.74, 6) is 2.17. The number of nitrogens with zero attached hydrogens (tertiary/aromatic N) is 2. The lowest BCUT2D eigenvalue weighted by Gasteiger charge is -2.33. The van der Waals surface area contributed by atoms with Crippen LogP contribution in [0.1, 0.15) is 55.4 Å². The first kappa shape index (κ1) is 25.6. The first-order valence-electron chi connectivity index (χ1n) is 11.1. The second-order valence-electron chi connectivity index (χ2n) is 8.58. The summed E-state index contributed by atoms with van der Waals surface area (Å²) in [4.78, 5) is 8.73. The summed E-state index contributed by atoms with van der Waals surface area (Å²) >= 11 is 0. The Morgan fingerprint density at radius 2 is 1.97 bits per heavy atom. The van der Waals surface area contributed by atoms with Gasteiger partial charge in [0.05, 0.1) is 6.10 Å². The number of benzene rings is 1. The van der Waals surface area contributed by atoms with Crippen molar-refractivity contribution in [3.8, 4) is 0 Å². The van der Waals surface area contributed by atoms with E-state index in [1.54, 1.807) is 0 Å². The molecule has 1 aromatic heterocycles. The highest BCUT2D eigenvalue weighted by atomic mass is 127. The van der Waals surface area contributed by atoms with Crippen LogP contribution < -0.4 is 10.6 Å². The maximum Gasteiger partial charge on any atom is 0.191 e. The van der Waals surface area contributed by atoms with Gasteiger partial charge in [0.2, 0.25) is 0 Å². The zero-order valence-electron chi connectivity index (χ0n) is 19.2. The summed E-state index contributed by atoms with van der Waals surface area (Å²) in [5, 5.41) is 7.06. The van der Waals surface area contributed by atoms with E-state index in [2.05, 4.69) is 71.7 Å². The lowest BCUT2D eigenvalue weighted by Crippen LogP contribution is -2.43. The van der Waals surface area contributed by atoms with Gasteiger partial charge in [0.15, 0.2) is 5.96 Å². The zero-order chi connectivity index (χ0) is 21.3. The Morgan fingerprint density at radius 3 is 2.61 bits per heavy atom. The molecule has 0 spiro atoms. The fraction of sp³-hybridized carbons (Fsp3) is 0.520. The van der Waals surface area contributed by atoms with Gasteiger partial charge in [0, 0.05) is 51.0 Å². The summed E-state index contributed by atoms with van der Waals surface area (Å²) in [6.45, 7) is 9.13. The van der Waals surface area contributed by atoms with Gasteiger partial charge in [-0.15, -0.1) is 24.0 Å². The number of aryl methyl sites for hydroxylation is 1. The lowest BCUT2D eigenvalue weighted by atomic mass is 9.89. The number of guanidine groups is 1. The van der Waals surface area contributed by atoms with Crippen molar-refractivity contribution in [2.45, 2.75) is 45.6 Å². The molecule has 6 heteroatoms. The van der Waals surface area contributed by atoms with Gasteiger partial charge in [-0.3, -0.25) is 9.98 Å². The molecule has 31 heavy (non-hydrogen) atoms. The van der Waals surface area contributed by atoms with E-state index in [9.17, 15) is 0 Å². The van der Waals surface area contributed by atoms with Crippen molar-refractivity contribution in [2.24, 2.45) is 16.8 Å². The Morgan fingerprint density at radius 1 is 1.19 bits per heavy atom. The number of rotatable bonds is 7. The van der Waals surface area contributed by atoms with Crippen LogP contribution in [0.15, 0.2) is 53.8 Å². The number of hydrogen-bond acceptors (Lipinski definition) is 3. The van der Waals surface area contributed by atoms with Crippen LogP contribution in [-0.4, -0.2) is 37.7 Å². The van der Waals surface area contributed by atoms with Gasteiger partial charge >= 0.3 is 0 Å². The fourth-order valence-corrected chi connectivity index (χ4v) is 4.17. The van der Waals surface area contributed by atoms with Crippen molar-refractivity contribution in [3.05, 3.63) is 65.5 Å². The van der Waals surface area contributed by atoms with Crippen LogP contribution in [0.25, 0.3) is 0 Å². The molecule has 0 radical (unpaired) electrons. The minimum atomic E-state index is 0. The van der Waals surface area contributed by atoms with Crippen molar-refractivity contribution < 1.29 is 4.74 Å². The van der Waals surface area contributed by atoms with Crippen molar-refractivity contribution >= 4 is 29.9 Å². The van der Waals surface area contributed by atoms with Crippen LogP contribution in [0, 0.1) is 18.8 Å². The predicted molar refractivity (Wildman–Crippen MR) is 139 cm³/mol.